The van der Waals surface area contributed by atoms with Crippen molar-refractivity contribution in [2.45, 2.75) is 19.1 Å². The van der Waals surface area contributed by atoms with Crippen LogP contribution in [0, 0.1) is 17.1 Å². The summed E-state index contributed by atoms with van der Waals surface area (Å²) in [5.74, 6) is 0.963. The summed E-state index contributed by atoms with van der Waals surface area (Å²) in [4.78, 5) is 10.6. The van der Waals surface area contributed by atoms with Crippen molar-refractivity contribution < 1.29 is 18.6 Å². The fourth-order valence-electron chi connectivity index (χ4n) is 4.29. The maximum Gasteiger partial charge on any atom is 0.250 e. The largest absolute Gasteiger partial charge is 0.492 e. The van der Waals surface area contributed by atoms with Crippen molar-refractivity contribution in [3.63, 3.8) is 0 Å². The summed E-state index contributed by atoms with van der Waals surface area (Å²) in [5, 5.41) is 13.8. The molecule has 1 saturated heterocycles. The van der Waals surface area contributed by atoms with Gasteiger partial charge in [-0.2, -0.15) is 10.4 Å². The molecule has 0 aromatic carbocycles. The monoisotopic (exact) mass is 489 g/mol. The maximum atomic E-state index is 14.0. The smallest absolute Gasteiger partial charge is 0.250 e. The van der Waals surface area contributed by atoms with Crippen molar-refractivity contribution in [3.8, 4) is 34.6 Å². The number of halogens is 1. The van der Waals surface area contributed by atoms with Crippen LogP contribution in [0.4, 0.5) is 10.2 Å². The van der Waals surface area contributed by atoms with Crippen molar-refractivity contribution in [2.24, 2.45) is 5.73 Å². The minimum absolute atomic E-state index is 0.0918. The number of anilines is 1. The molecule has 1 fully saturated rings. The molecule has 5 heterocycles. The Morgan fingerprint density at radius 3 is 2.72 bits per heavy atom. The van der Waals surface area contributed by atoms with Crippen molar-refractivity contribution in [2.75, 3.05) is 31.7 Å². The minimum atomic E-state index is -0.601. The van der Waals surface area contributed by atoms with Crippen molar-refractivity contribution in [3.05, 3.63) is 60.4 Å². The predicted molar refractivity (Wildman–Crippen MR) is 130 cm³/mol. The molecule has 4 aromatic heterocycles. The second-order valence-corrected chi connectivity index (χ2v) is 8.28. The summed E-state index contributed by atoms with van der Waals surface area (Å²) in [6, 6.07) is 8.84. The molecule has 0 radical (unpaired) electrons. The predicted octanol–water partition coefficient (Wildman–Crippen LogP) is 2.80. The number of nitrogens with zero attached hydrogens (tertiary/aromatic N) is 6. The van der Waals surface area contributed by atoms with E-state index in [2.05, 4.69) is 21.1 Å². The molecule has 4 aromatic rings. The van der Waals surface area contributed by atoms with Crippen LogP contribution in [0.3, 0.4) is 0 Å². The van der Waals surface area contributed by atoms with E-state index in [0.29, 0.717) is 36.5 Å². The second kappa shape index (κ2) is 9.67. The SMILES string of the molecule is CCOc1cc(-c2ccc(N3C[C@@H](N)[C@H](Oc4cnc(OC)c(F)c4)C3)nc2)c2c(C#N)cnn2c1. The number of fused-ring (bicyclic) bond motifs is 1. The van der Waals surface area contributed by atoms with Crippen LogP contribution in [-0.2, 0) is 0 Å². The molecular weight excluding hydrogens is 465 g/mol. The lowest BCUT2D eigenvalue weighted by Crippen LogP contribution is -2.37. The van der Waals surface area contributed by atoms with Crippen molar-refractivity contribution in [1.82, 2.24) is 19.6 Å². The highest BCUT2D eigenvalue weighted by Gasteiger charge is 2.33. The van der Waals surface area contributed by atoms with Gasteiger partial charge in [0, 0.05) is 29.9 Å². The molecule has 5 rings (SSSR count). The lowest BCUT2D eigenvalue weighted by molar-refractivity contribution is 0.204. The first kappa shape index (κ1) is 23.3. The quantitative estimate of drug-likeness (QED) is 0.417. The summed E-state index contributed by atoms with van der Waals surface area (Å²) in [6.07, 6.45) is 6.08. The molecule has 0 amide bonds. The Balaban J connectivity index is 1.37. The maximum absolute atomic E-state index is 14.0. The van der Waals surface area contributed by atoms with E-state index in [0.717, 1.165) is 16.9 Å². The Morgan fingerprint density at radius 2 is 2.03 bits per heavy atom. The van der Waals surface area contributed by atoms with Gasteiger partial charge in [-0.1, -0.05) is 0 Å². The summed E-state index contributed by atoms with van der Waals surface area (Å²) in [6.45, 7) is 3.41. The molecule has 10 nitrogen and oxygen atoms in total. The van der Waals surface area contributed by atoms with Crippen LogP contribution >= 0.6 is 0 Å². The molecular formula is C25H24FN7O3. The number of pyridine rings is 3. The van der Waals surface area contributed by atoms with Gasteiger partial charge in [-0.25, -0.2) is 18.9 Å². The van der Waals surface area contributed by atoms with Gasteiger partial charge in [0.25, 0.3) is 0 Å². The van der Waals surface area contributed by atoms with E-state index in [1.165, 1.54) is 25.6 Å². The molecule has 36 heavy (non-hydrogen) atoms. The molecule has 1 aliphatic heterocycles. The van der Waals surface area contributed by atoms with Crippen LogP contribution in [-0.4, -0.2) is 58.5 Å². The highest BCUT2D eigenvalue weighted by Crippen LogP contribution is 2.32. The number of rotatable bonds is 7. The third kappa shape index (κ3) is 4.34. The fraction of sp³-hybridized carbons (Fsp3) is 0.280. The first-order chi connectivity index (χ1) is 17.5. The van der Waals surface area contributed by atoms with Crippen molar-refractivity contribution >= 4 is 11.3 Å². The number of hydrogen-bond acceptors (Lipinski definition) is 9. The minimum Gasteiger partial charge on any atom is -0.492 e. The Hall–Kier alpha value is -4.43. The van der Waals surface area contributed by atoms with E-state index in [9.17, 15) is 9.65 Å². The highest BCUT2D eigenvalue weighted by atomic mass is 19.1. The normalized spacial score (nSPS) is 17.2. The summed E-state index contributed by atoms with van der Waals surface area (Å²) < 4.78 is 32.1. The van der Waals surface area contributed by atoms with Gasteiger partial charge in [0.2, 0.25) is 5.88 Å². The van der Waals surface area contributed by atoms with Crippen LogP contribution in [0.5, 0.6) is 17.4 Å². The molecule has 0 saturated carbocycles. The fourth-order valence-corrected chi connectivity index (χ4v) is 4.29. The van der Waals surface area contributed by atoms with Gasteiger partial charge >= 0.3 is 0 Å². The van der Waals surface area contributed by atoms with Gasteiger partial charge < -0.3 is 24.8 Å². The number of ether oxygens (including phenoxy) is 3. The molecule has 2 atom stereocenters. The third-order valence-electron chi connectivity index (χ3n) is 5.97. The first-order valence-corrected chi connectivity index (χ1v) is 11.4. The van der Waals surface area contributed by atoms with E-state index < -0.39 is 5.82 Å². The second-order valence-electron chi connectivity index (χ2n) is 8.28. The van der Waals surface area contributed by atoms with Gasteiger partial charge in [0.1, 0.15) is 29.5 Å². The molecule has 0 spiro atoms. The van der Waals surface area contributed by atoms with Gasteiger partial charge in [-0.05, 0) is 25.1 Å². The molecule has 0 aliphatic carbocycles. The third-order valence-corrected chi connectivity index (χ3v) is 5.97. The number of aromatic nitrogens is 4. The topological polar surface area (TPSA) is 124 Å². The lowest BCUT2D eigenvalue weighted by atomic mass is 10.1. The average Bonchev–Trinajstić information content (AvgIpc) is 3.47. The lowest BCUT2D eigenvalue weighted by Gasteiger charge is -2.18. The summed E-state index contributed by atoms with van der Waals surface area (Å²) in [7, 11) is 1.35. The average molecular weight is 490 g/mol. The molecule has 0 unspecified atom stereocenters. The zero-order valence-corrected chi connectivity index (χ0v) is 19.8. The van der Waals surface area contributed by atoms with Crippen LogP contribution in [0.1, 0.15) is 12.5 Å². The standard InChI is InChI=1S/C25H24FN7O3/c1-3-35-18-6-19(24-16(8-27)10-31-33(24)12-18)15-4-5-23(29-9-15)32-13-21(28)22(14-32)36-17-7-20(26)25(34-2)30-11-17/h4-7,9-12,21-22H,3,13-14,28H2,1-2H3/t21-,22-/m1/s1. The van der Waals surface area contributed by atoms with E-state index in [1.807, 2.05) is 30.0 Å². The number of methoxy groups -OCH3 is 1. The van der Waals surface area contributed by atoms with Gasteiger partial charge in [0.15, 0.2) is 5.82 Å². The van der Waals surface area contributed by atoms with Crippen LogP contribution in [0.15, 0.2) is 49.1 Å². The zero-order chi connectivity index (χ0) is 25.2. The number of nitriles is 1. The number of nitrogens with two attached hydrogens (primary N) is 1. The van der Waals surface area contributed by atoms with Gasteiger partial charge in [-0.3, -0.25) is 0 Å². The molecule has 11 heteroatoms. The molecule has 184 valence electrons. The molecule has 2 N–H and O–H groups in total. The highest BCUT2D eigenvalue weighted by molar-refractivity contribution is 5.85. The van der Waals surface area contributed by atoms with E-state index in [4.69, 9.17) is 19.9 Å². The Morgan fingerprint density at radius 1 is 1.17 bits per heavy atom. The van der Waals surface area contributed by atoms with Crippen LogP contribution < -0.4 is 24.8 Å². The zero-order valence-electron chi connectivity index (χ0n) is 19.8. The molecule has 0 bridgehead atoms. The Bertz CT molecular complexity index is 1430. The van der Waals surface area contributed by atoms with E-state index in [1.54, 1.807) is 16.9 Å². The van der Waals surface area contributed by atoms with Gasteiger partial charge in [-0.15, -0.1) is 0 Å². The first-order valence-electron chi connectivity index (χ1n) is 11.4. The Kier molecular flexibility index (Phi) is 6.26. The number of hydrogen-bond donors (Lipinski definition) is 1. The van der Waals surface area contributed by atoms with Crippen LogP contribution in [0.25, 0.3) is 16.6 Å². The molecule has 1 aliphatic rings. The van der Waals surface area contributed by atoms with E-state index in [-0.39, 0.29) is 23.8 Å². The Labute approximate surface area is 206 Å². The van der Waals surface area contributed by atoms with Crippen LogP contribution in [0.2, 0.25) is 0 Å². The van der Waals surface area contributed by atoms with E-state index >= 15 is 0 Å². The summed E-state index contributed by atoms with van der Waals surface area (Å²) >= 11 is 0. The summed E-state index contributed by atoms with van der Waals surface area (Å²) in [5.41, 5.74) is 9.07. The van der Waals surface area contributed by atoms with Gasteiger partial charge in [0.05, 0.1) is 56.0 Å². The van der Waals surface area contributed by atoms with Crippen molar-refractivity contribution in [1.29, 1.82) is 5.26 Å².